The fourth-order valence-corrected chi connectivity index (χ4v) is 3.57. The molecule has 1 aromatic heterocycles. The predicted molar refractivity (Wildman–Crippen MR) is 101 cm³/mol. The number of amides is 1. The number of ether oxygens (including phenoxy) is 1. The number of carbonyl (C=O) groups is 1. The SMILES string of the molecule is Cn1c(=O)n(C)c2cc(NC(=O)COc3ccc4c(c3)CCC4)ccc21. The molecule has 0 fully saturated rings. The van der Waals surface area contributed by atoms with Crippen LogP contribution in [0, 0.1) is 0 Å². The molecule has 134 valence electrons. The molecule has 0 unspecified atom stereocenters. The summed E-state index contributed by atoms with van der Waals surface area (Å²) in [6.07, 6.45) is 3.39. The maximum atomic E-state index is 12.2. The largest absolute Gasteiger partial charge is 0.484 e. The summed E-state index contributed by atoms with van der Waals surface area (Å²) in [7, 11) is 3.45. The Labute approximate surface area is 151 Å². The first kappa shape index (κ1) is 16.4. The molecule has 6 heteroatoms. The summed E-state index contributed by atoms with van der Waals surface area (Å²) in [5, 5.41) is 2.82. The highest BCUT2D eigenvalue weighted by atomic mass is 16.5. The summed E-state index contributed by atoms with van der Waals surface area (Å²) >= 11 is 0. The molecule has 3 aromatic rings. The van der Waals surface area contributed by atoms with E-state index < -0.39 is 0 Å². The van der Waals surface area contributed by atoms with Gasteiger partial charge < -0.3 is 10.1 Å². The van der Waals surface area contributed by atoms with Crippen molar-refractivity contribution in [3.8, 4) is 5.75 Å². The zero-order valence-corrected chi connectivity index (χ0v) is 14.9. The summed E-state index contributed by atoms with van der Waals surface area (Å²) < 4.78 is 8.77. The molecule has 2 aromatic carbocycles. The maximum Gasteiger partial charge on any atom is 0.328 e. The highest BCUT2D eigenvalue weighted by molar-refractivity contribution is 5.94. The molecule has 0 radical (unpaired) electrons. The monoisotopic (exact) mass is 351 g/mol. The number of hydrogen-bond acceptors (Lipinski definition) is 3. The van der Waals surface area contributed by atoms with E-state index in [1.807, 2.05) is 18.2 Å². The van der Waals surface area contributed by atoms with E-state index in [-0.39, 0.29) is 18.2 Å². The number of nitrogens with zero attached hydrogens (tertiary/aromatic N) is 2. The highest BCUT2D eigenvalue weighted by Crippen LogP contribution is 2.26. The molecular weight excluding hydrogens is 330 g/mol. The lowest BCUT2D eigenvalue weighted by molar-refractivity contribution is -0.118. The Balaban J connectivity index is 1.44. The van der Waals surface area contributed by atoms with Crippen molar-refractivity contribution in [2.75, 3.05) is 11.9 Å². The molecule has 1 aliphatic rings. The zero-order chi connectivity index (χ0) is 18.3. The summed E-state index contributed by atoms with van der Waals surface area (Å²) in [4.78, 5) is 24.2. The number of anilines is 1. The number of aromatic nitrogens is 2. The number of imidazole rings is 1. The second-order valence-corrected chi connectivity index (χ2v) is 6.73. The number of rotatable bonds is 4. The van der Waals surface area contributed by atoms with Gasteiger partial charge in [0.1, 0.15) is 5.75 Å². The van der Waals surface area contributed by atoms with Gasteiger partial charge in [-0.2, -0.15) is 0 Å². The van der Waals surface area contributed by atoms with Gasteiger partial charge in [-0.15, -0.1) is 0 Å². The first-order chi connectivity index (χ1) is 12.5. The van der Waals surface area contributed by atoms with Gasteiger partial charge in [-0.25, -0.2) is 4.79 Å². The van der Waals surface area contributed by atoms with Crippen LogP contribution in [0.15, 0.2) is 41.2 Å². The van der Waals surface area contributed by atoms with Gasteiger partial charge >= 0.3 is 5.69 Å². The highest BCUT2D eigenvalue weighted by Gasteiger charge is 2.13. The second-order valence-electron chi connectivity index (χ2n) is 6.73. The number of aryl methyl sites for hydroxylation is 4. The molecule has 0 atom stereocenters. The van der Waals surface area contributed by atoms with Crippen LogP contribution >= 0.6 is 0 Å². The quantitative estimate of drug-likeness (QED) is 0.785. The van der Waals surface area contributed by atoms with Crippen molar-refractivity contribution >= 4 is 22.6 Å². The third-order valence-electron chi connectivity index (χ3n) is 5.00. The first-order valence-electron chi connectivity index (χ1n) is 8.73. The molecule has 0 aliphatic heterocycles. The van der Waals surface area contributed by atoms with Gasteiger partial charge in [-0.05, 0) is 60.7 Å². The molecular formula is C20H21N3O3. The van der Waals surface area contributed by atoms with E-state index in [4.69, 9.17) is 4.74 Å². The van der Waals surface area contributed by atoms with Crippen molar-refractivity contribution in [1.29, 1.82) is 0 Å². The molecule has 1 N–H and O–H groups in total. The van der Waals surface area contributed by atoms with E-state index in [2.05, 4.69) is 11.4 Å². The van der Waals surface area contributed by atoms with Crippen molar-refractivity contribution in [2.45, 2.75) is 19.3 Å². The Bertz CT molecular complexity index is 1060. The molecule has 4 rings (SSSR count). The van der Waals surface area contributed by atoms with Crippen LogP contribution < -0.4 is 15.7 Å². The molecule has 1 heterocycles. The van der Waals surface area contributed by atoms with Crippen molar-refractivity contribution in [1.82, 2.24) is 9.13 Å². The predicted octanol–water partition coefficient (Wildman–Crippen LogP) is 2.38. The van der Waals surface area contributed by atoms with Crippen molar-refractivity contribution in [3.63, 3.8) is 0 Å². The molecule has 0 spiro atoms. The van der Waals surface area contributed by atoms with Crippen molar-refractivity contribution < 1.29 is 9.53 Å². The summed E-state index contributed by atoms with van der Waals surface area (Å²) in [5.41, 5.74) is 4.84. The Hall–Kier alpha value is -3.02. The van der Waals surface area contributed by atoms with Crippen LogP contribution in [0.4, 0.5) is 5.69 Å². The number of carbonyl (C=O) groups excluding carboxylic acids is 1. The third kappa shape index (κ3) is 2.87. The van der Waals surface area contributed by atoms with Gasteiger partial charge in [-0.3, -0.25) is 13.9 Å². The van der Waals surface area contributed by atoms with Crippen LogP contribution in [0.5, 0.6) is 5.75 Å². The van der Waals surface area contributed by atoms with E-state index in [0.29, 0.717) is 5.69 Å². The fourth-order valence-electron chi connectivity index (χ4n) is 3.57. The summed E-state index contributed by atoms with van der Waals surface area (Å²) in [5.74, 6) is 0.493. The number of benzene rings is 2. The van der Waals surface area contributed by atoms with E-state index >= 15 is 0 Å². The van der Waals surface area contributed by atoms with E-state index in [9.17, 15) is 9.59 Å². The number of nitrogens with one attached hydrogen (secondary N) is 1. The third-order valence-corrected chi connectivity index (χ3v) is 5.00. The lowest BCUT2D eigenvalue weighted by Crippen LogP contribution is -2.20. The van der Waals surface area contributed by atoms with Crippen LogP contribution in [0.25, 0.3) is 11.0 Å². The van der Waals surface area contributed by atoms with Crippen LogP contribution in [-0.4, -0.2) is 21.6 Å². The molecule has 1 aliphatic carbocycles. The van der Waals surface area contributed by atoms with Crippen LogP contribution in [0.3, 0.4) is 0 Å². The average Bonchev–Trinajstić information content (AvgIpc) is 3.19. The first-order valence-corrected chi connectivity index (χ1v) is 8.73. The Morgan fingerprint density at radius 3 is 2.65 bits per heavy atom. The van der Waals surface area contributed by atoms with E-state index in [1.165, 1.54) is 17.5 Å². The van der Waals surface area contributed by atoms with Gasteiger partial charge in [0, 0.05) is 19.8 Å². The van der Waals surface area contributed by atoms with Crippen molar-refractivity contribution in [3.05, 3.63) is 58.0 Å². The van der Waals surface area contributed by atoms with E-state index in [0.717, 1.165) is 29.6 Å². The van der Waals surface area contributed by atoms with Crippen LogP contribution in [0.2, 0.25) is 0 Å². The van der Waals surface area contributed by atoms with Crippen LogP contribution in [0.1, 0.15) is 17.5 Å². The lowest BCUT2D eigenvalue weighted by atomic mass is 10.1. The van der Waals surface area contributed by atoms with Gasteiger partial charge in [0.25, 0.3) is 5.91 Å². The van der Waals surface area contributed by atoms with Gasteiger partial charge in [-0.1, -0.05) is 6.07 Å². The fraction of sp³-hybridized carbons (Fsp3) is 0.300. The van der Waals surface area contributed by atoms with Gasteiger partial charge in [0.15, 0.2) is 6.61 Å². The summed E-state index contributed by atoms with van der Waals surface area (Å²) in [6.45, 7) is -0.0510. The smallest absolute Gasteiger partial charge is 0.328 e. The lowest BCUT2D eigenvalue weighted by Gasteiger charge is -2.09. The van der Waals surface area contributed by atoms with Gasteiger partial charge in [0.05, 0.1) is 11.0 Å². The Morgan fingerprint density at radius 1 is 1.04 bits per heavy atom. The maximum absolute atomic E-state index is 12.2. The Morgan fingerprint density at radius 2 is 1.81 bits per heavy atom. The molecule has 6 nitrogen and oxygen atoms in total. The topological polar surface area (TPSA) is 65.3 Å². The summed E-state index contributed by atoms with van der Waals surface area (Å²) in [6, 6.07) is 11.4. The minimum Gasteiger partial charge on any atom is -0.484 e. The molecule has 26 heavy (non-hydrogen) atoms. The van der Waals surface area contributed by atoms with Gasteiger partial charge in [0.2, 0.25) is 0 Å². The van der Waals surface area contributed by atoms with E-state index in [1.54, 1.807) is 35.4 Å². The number of hydrogen-bond donors (Lipinski definition) is 1. The normalized spacial score (nSPS) is 13.0. The van der Waals surface area contributed by atoms with Crippen LogP contribution in [-0.2, 0) is 31.7 Å². The Kier molecular flexibility index (Phi) is 4.03. The molecule has 0 bridgehead atoms. The number of fused-ring (bicyclic) bond motifs is 2. The minimum absolute atomic E-state index is 0.0510. The molecule has 0 saturated heterocycles. The minimum atomic E-state index is -0.231. The molecule has 0 saturated carbocycles. The second kappa shape index (κ2) is 6.37. The van der Waals surface area contributed by atoms with Crippen molar-refractivity contribution in [2.24, 2.45) is 14.1 Å². The average molecular weight is 351 g/mol. The standard InChI is InChI=1S/C20H21N3O3/c1-22-17-9-7-15(11-18(17)23(2)20(22)25)21-19(24)12-26-16-8-6-13-4-3-5-14(13)10-16/h6-11H,3-5,12H2,1-2H3,(H,21,24). The molecule has 1 amide bonds. The zero-order valence-electron chi connectivity index (χ0n) is 14.9.